The Hall–Kier alpha value is -4.24. The Labute approximate surface area is 214 Å². The molecule has 0 heterocycles. The summed E-state index contributed by atoms with van der Waals surface area (Å²) in [7, 11) is 2.95. The minimum Gasteiger partial charge on any atom is -0.497 e. The van der Waals surface area contributed by atoms with Crippen LogP contribution in [0.1, 0.15) is 18.1 Å². The molecule has 0 atom stereocenters. The summed E-state index contributed by atoms with van der Waals surface area (Å²) in [5.41, 5.74) is 4.07. The fourth-order valence-electron chi connectivity index (χ4n) is 3.08. The van der Waals surface area contributed by atoms with Gasteiger partial charge in [-0.15, -0.1) is 0 Å². The van der Waals surface area contributed by atoms with E-state index in [4.69, 9.17) is 30.5 Å². The highest BCUT2D eigenvalue weighted by atomic mass is 35.5. The molecule has 0 radical (unpaired) electrons. The zero-order valence-electron chi connectivity index (χ0n) is 20.0. The number of carbonyl (C=O) groups is 2. The van der Waals surface area contributed by atoms with E-state index in [0.29, 0.717) is 52.5 Å². The van der Waals surface area contributed by atoms with E-state index in [-0.39, 0.29) is 0 Å². The molecular weight excluding hydrogens is 486 g/mol. The van der Waals surface area contributed by atoms with Crippen LogP contribution in [0.3, 0.4) is 0 Å². The fraction of sp³-hybridized carbons (Fsp3) is 0.192. The Balaban J connectivity index is 1.60. The van der Waals surface area contributed by atoms with E-state index in [9.17, 15) is 9.59 Å². The Bertz CT molecular complexity index is 1250. The smallest absolute Gasteiger partial charge is 0.329 e. The van der Waals surface area contributed by atoms with Gasteiger partial charge in [-0.1, -0.05) is 23.7 Å². The second kappa shape index (κ2) is 13.0. The number of halogens is 1. The first-order valence-corrected chi connectivity index (χ1v) is 11.3. The van der Waals surface area contributed by atoms with Crippen molar-refractivity contribution in [1.82, 2.24) is 5.43 Å². The molecular formula is C26H26ClN3O6. The number of benzene rings is 3. The van der Waals surface area contributed by atoms with Gasteiger partial charge in [0.25, 0.3) is 0 Å². The number of carbonyl (C=O) groups excluding carboxylic acids is 2. The van der Waals surface area contributed by atoms with Gasteiger partial charge < -0.3 is 24.3 Å². The summed E-state index contributed by atoms with van der Waals surface area (Å²) in [5, 5.41) is 6.97. The number of anilines is 1. The van der Waals surface area contributed by atoms with E-state index in [1.54, 1.807) is 42.5 Å². The number of hydrogen-bond donors (Lipinski definition) is 2. The number of hydrazone groups is 1. The van der Waals surface area contributed by atoms with Gasteiger partial charge in [0.1, 0.15) is 18.1 Å². The van der Waals surface area contributed by atoms with Gasteiger partial charge in [-0.3, -0.25) is 9.59 Å². The summed E-state index contributed by atoms with van der Waals surface area (Å²) in [6.45, 7) is 2.61. The van der Waals surface area contributed by atoms with Crippen LogP contribution in [0.5, 0.6) is 23.0 Å². The summed E-state index contributed by atoms with van der Waals surface area (Å²) in [6, 6.07) is 17.4. The second-order valence-electron chi connectivity index (χ2n) is 7.28. The molecule has 0 fully saturated rings. The monoisotopic (exact) mass is 511 g/mol. The molecule has 36 heavy (non-hydrogen) atoms. The van der Waals surface area contributed by atoms with Crippen molar-refractivity contribution in [3.8, 4) is 23.0 Å². The lowest BCUT2D eigenvalue weighted by molar-refractivity contribution is -0.136. The molecule has 3 rings (SSSR count). The van der Waals surface area contributed by atoms with Crippen molar-refractivity contribution in [2.24, 2.45) is 5.10 Å². The lowest BCUT2D eigenvalue weighted by Crippen LogP contribution is -2.32. The summed E-state index contributed by atoms with van der Waals surface area (Å²) in [5.74, 6) is 0.0994. The Morgan fingerprint density at radius 3 is 2.47 bits per heavy atom. The molecule has 188 valence electrons. The Morgan fingerprint density at radius 2 is 1.75 bits per heavy atom. The molecule has 0 saturated heterocycles. The van der Waals surface area contributed by atoms with Crippen molar-refractivity contribution in [2.45, 2.75) is 13.5 Å². The van der Waals surface area contributed by atoms with Crippen molar-refractivity contribution in [2.75, 3.05) is 26.1 Å². The van der Waals surface area contributed by atoms with Crippen molar-refractivity contribution in [1.29, 1.82) is 0 Å². The molecule has 9 nitrogen and oxygen atoms in total. The number of nitrogens with one attached hydrogen (secondary N) is 2. The van der Waals surface area contributed by atoms with Gasteiger partial charge in [0.15, 0.2) is 11.5 Å². The van der Waals surface area contributed by atoms with E-state index in [1.165, 1.54) is 20.4 Å². The highest BCUT2D eigenvalue weighted by molar-refractivity contribution is 6.39. The van der Waals surface area contributed by atoms with E-state index in [0.717, 1.165) is 5.56 Å². The van der Waals surface area contributed by atoms with Crippen molar-refractivity contribution < 1.29 is 28.5 Å². The van der Waals surface area contributed by atoms with Crippen LogP contribution >= 0.6 is 11.6 Å². The molecule has 10 heteroatoms. The summed E-state index contributed by atoms with van der Waals surface area (Å²) in [6.07, 6.45) is 1.39. The number of nitrogens with zero attached hydrogens (tertiary/aromatic N) is 1. The van der Waals surface area contributed by atoms with Gasteiger partial charge in [-0.2, -0.15) is 5.10 Å². The van der Waals surface area contributed by atoms with Crippen LogP contribution in [-0.4, -0.2) is 38.9 Å². The zero-order valence-corrected chi connectivity index (χ0v) is 20.8. The highest BCUT2D eigenvalue weighted by Gasteiger charge is 2.16. The van der Waals surface area contributed by atoms with E-state index < -0.39 is 11.8 Å². The molecule has 2 amide bonds. The summed E-state index contributed by atoms with van der Waals surface area (Å²) in [4.78, 5) is 24.4. The van der Waals surface area contributed by atoms with Crippen LogP contribution in [0.15, 0.2) is 65.8 Å². The van der Waals surface area contributed by atoms with Crippen molar-refractivity contribution >= 4 is 35.3 Å². The fourth-order valence-corrected chi connectivity index (χ4v) is 3.29. The topological polar surface area (TPSA) is 107 Å². The number of methoxy groups -OCH3 is 2. The number of ether oxygens (including phenoxy) is 4. The standard InChI is InChI=1S/C26H26ClN3O6/c1-4-35-24-13-17(8-11-22(24)36-16-18-6-5-7-19(27)12-18)15-28-30-26(32)25(31)29-21-10-9-20(33-2)14-23(21)34-3/h5-15H,4,16H2,1-3H3,(H,29,31)(H,30,32)/b28-15+. The SMILES string of the molecule is CCOc1cc(/C=N/NC(=O)C(=O)Nc2ccc(OC)cc2OC)ccc1OCc1cccc(Cl)c1. The molecule has 0 aliphatic carbocycles. The first-order valence-electron chi connectivity index (χ1n) is 10.9. The van der Waals surface area contributed by atoms with E-state index >= 15 is 0 Å². The Kier molecular flexibility index (Phi) is 9.53. The maximum Gasteiger partial charge on any atom is 0.329 e. The molecule has 2 N–H and O–H groups in total. The van der Waals surface area contributed by atoms with Gasteiger partial charge in [0.05, 0.1) is 32.7 Å². The molecule has 0 spiro atoms. The van der Waals surface area contributed by atoms with Crippen LogP contribution in [0.4, 0.5) is 5.69 Å². The third kappa shape index (κ3) is 7.38. The lowest BCUT2D eigenvalue weighted by Gasteiger charge is -2.13. The number of amides is 2. The van der Waals surface area contributed by atoms with E-state index in [2.05, 4.69) is 15.8 Å². The molecule has 0 aliphatic rings. The molecule has 0 aromatic heterocycles. The number of rotatable bonds is 10. The maximum absolute atomic E-state index is 12.2. The van der Waals surface area contributed by atoms with Crippen molar-refractivity contribution in [3.05, 3.63) is 76.8 Å². The molecule has 0 aliphatic heterocycles. The maximum atomic E-state index is 12.2. The van der Waals surface area contributed by atoms with Crippen LogP contribution in [-0.2, 0) is 16.2 Å². The second-order valence-corrected chi connectivity index (χ2v) is 7.71. The zero-order chi connectivity index (χ0) is 25.9. The average Bonchev–Trinajstić information content (AvgIpc) is 2.88. The molecule has 0 unspecified atom stereocenters. The summed E-state index contributed by atoms with van der Waals surface area (Å²) < 4.78 is 21.9. The third-order valence-electron chi connectivity index (χ3n) is 4.79. The minimum absolute atomic E-state index is 0.317. The van der Waals surface area contributed by atoms with Crippen LogP contribution in [0.2, 0.25) is 5.02 Å². The first kappa shape index (κ1) is 26.4. The quantitative estimate of drug-likeness (QED) is 0.237. The van der Waals surface area contributed by atoms with Crippen LogP contribution in [0, 0.1) is 0 Å². The normalized spacial score (nSPS) is 10.6. The third-order valence-corrected chi connectivity index (χ3v) is 5.03. The minimum atomic E-state index is -0.948. The van der Waals surface area contributed by atoms with Crippen LogP contribution in [0.25, 0.3) is 0 Å². The van der Waals surface area contributed by atoms with Gasteiger partial charge >= 0.3 is 11.8 Å². The molecule has 0 bridgehead atoms. The lowest BCUT2D eigenvalue weighted by atomic mass is 10.2. The summed E-state index contributed by atoms with van der Waals surface area (Å²) >= 11 is 6.02. The van der Waals surface area contributed by atoms with Crippen LogP contribution < -0.4 is 29.7 Å². The Morgan fingerprint density at radius 1 is 0.917 bits per heavy atom. The average molecular weight is 512 g/mol. The van der Waals surface area contributed by atoms with Gasteiger partial charge in [0, 0.05) is 11.1 Å². The largest absolute Gasteiger partial charge is 0.497 e. The number of hydrogen-bond acceptors (Lipinski definition) is 7. The molecule has 3 aromatic carbocycles. The predicted molar refractivity (Wildman–Crippen MR) is 137 cm³/mol. The predicted octanol–water partition coefficient (Wildman–Crippen LogP) is 4.42. The molecule has 3 aromatic rings. The van der Waals surface area contributed by atoms with Gasteiger partial charge in [-0.25, -0.2) is 5.43 Å². The van der Waals surface area contributed by atoms with Crippen molar-refractivity contribution in [3.63, 3.8) is 0 Å². The molecule has 0 saturated carbocycles. The first-order chi connectivity index (χ1) is 17.4. The van der Waals surface area contributed by atoms with E-state index in [1.807, 2.05) is 25.1 Å². The highest BCUT2D eigenvalue weighted by Crippen LogP contribution is 2.30. The van der Waals surface area contributed by atoms with Gasteiger partial charge in [0.2, 0.25) is 0 Å². The van der Waals surface area contributed by atoms with Gasteiger partial charge in [-0.05, 0) is 60.5 Å².